The van der Waals surface area contributed by atoms with E-state index in [1.54, 1.807) is 12.1 Å². The number of fused-ring (bicyclic) bond motifs is 1. The minimum atomic E-state index is -0.679. The summed E-state index contributed by atoms with van der Waals surface area (Å²) >= 11 is 6.19. The highest BCUT2D eigenvalue weighted by atomic mass is 35.5. The van der Waals surface area contributed by atoms with Gasteiger partial charge in [-0.05, 0) is 64.8 Å². The maximum Gasteiger partial charge on any atom is 0.255 e. The Labute approximate surface area is 164 Å². The van der Waals surface area contributed by atoms with Crippen molar-refractivity contribution in [3.8, 4) is 0 Å². The van der Waals surface area contributed by atoms with Crippen LogP contribution >= 0.6 is 11.6 Å². The van der Waals surface area contributed by atoms with Crippen LogP contribution in [0.5, 0.6) is 0 Å². The zero-order valence-electron chi connectivity index (χ0n) is 16.1. The third-order valence-electron chi connectivity index (χ3n) is 5.03. The Morgan fingerprint density at radius 2 is 2.07 bits per heavy atom. The summed E-state index contributed by atoms with van der Waals surface area (Å²) in [7, 11) is 0. The molecule has 1 amide bonds. The molecular weight excluding hydrogens is 366 g/mol. The second-order valence-electron chi connectivity index (χ2n) is 8.16. The van der Waals surface area contributed by atoms with Crippen molar-refractivity contribution < 1.29 is 14.3 Å². The van der Waals surface area contributed by atoms with Crippen LogP contribution in [0.1, 0.15) is 42.8 Å². The predicted molar refractivity (Wildman–Crippen MR) is 108 cm³/mol. The highest BCUT2D eigenvalue weighted by Gasteiger charge is 2.25. The largest absolute Gasteiger partial charge is 0.460 e. The Kier molecular flexibility index (Phi) is 5.70. The van der Waals surface area contributed by atoms with E-state index in [4.69, 9.17) is 21.8 Å². The lowest BCUT2D eigenvalue weighted by Gasteiger charge is -2.35. The number of likely N-dealkylation sites (tertiary alicyclic amines) is 1. The van der Waals surface area contributed by atoms with E-state index in [1.165, 1.54) is 0 Å². The Balaban J connectivity index is 1.61. The minimum absolute atomic E-state index is 0.199. The quantitative estimate of drug-likeness (QED) is 0.678. The molecule has 27 heavy (non-hydrogen) atoms. The molecule has 6 nitrogen and oxygen atoms in total. The number of piperidine rings is 1. The summed E-state index contributed by atoms with van der Waals surface area (Å²) in [6.07, 6.45) is 1.99. The summed E-state index contributed by atoms with van der Waals surface area (Å²) in [5.41, 5.74) is 6.65. The van der Waals surface area contributed by atoms with Gasteiger partial charge in [0.25, 0.3) is 5.91 Å². The number of nitrogens with one attached hydrogen (secondary N) is 1. The third kappa shape index (κ3) is 4.75. The number of carbonyl (C=O) groups excluding carboxylic acids is 1. The number of rotatable bonds is 5. The molecular formula is C20H28ClN3O3. The van der Waals surface area contributed by atoms with Gasteiger partial charge in [-0.2, -0.15) is 0 Å². The van der Waals surface area contributed by atoms with Gasteiger partial charge in [0.05, 0.1) is 21.9 Å². The summed E-state index contributed by atoms with van der Waals surface area (Å²) in [4.78, 5) is 15.0. The number of nitrogens with zero attached hydrogens (tertiary/aromatic N) is 1. The summed E-state index contributed by atoms with van der Waals surface area (Å²) in [6.45, 7) is 8.61. The third-order valence-corrected chi connectivity index (χ3v) is 5.34. The van der Waals surface area contributed by atoms with Gasteiger partial charge in [0.15, 0.2) is 0 Å². The van der Waals surface area contributed by atoms with E-state index in [0.717, 1.165) is 25.9 Å². The molecule has 4 N–H and O–H groups in total. The molecule has 1 aliphatic rings. The minimum Gasteiger partial charge on any atom is -0.460 e. The zero-order chi connectivity index (χ0) is 19.8. The van der Waals surface area contributed by atoms with Crippen molar-refractivity contribution >= 4 is 34.2 Å². The van der Waals surface area contributed by atoms with E-state index in [0.29, 0.717) is 52.0 Å². The first kappa shape index (κ1) is 20.0. The average Bonchev–Trinajstić information content (AvgIpc) is 2.98. The van der Waals surface area contributed by atoms with Crippen molar-refractivity contribution in [1.82, 2.24) is 10.2 Å². The fourth-order valence-electron chi connectivity index (χ4n) is 3.71. The number of hydrogen-bond donors (Lipinski definition) is 3. The van der Waals surface area contributed by atoms with Crippen LogP contribution in [0.3, 0.4) is 0 Å². The molecule has 148 valence electrons. The lowest BCUT2D eigenvalue weighted by molar-refractivity contribution is 0.0245. The number of hydrogen-bond acceptors (Lipinski definition) is 5. The van der Waals surface area contributed by atoms with E-state index >= 15 is 0 Å². The standard InChI is InChI=1S/C20H28ClN3O3/c1-12-8-14-17(22)16(21)9-15(18(14)27-12)19(25)23-10-13-4-6-24(7-5-13)11-20(2,3)26/h8-9,13,26H,4-7,10-11,22H2,1-3H3,(H,23,25). The van der Waals surface area contributed by atoms with Crippen LogP contribution in [0, 0.1) is 12.8 Å². The number of aryl methyl sites for hydroxylation is 1. The number of furan rings is 1. The molecule has 0 aliphatic carbocycles. The molecule has 1 aliphatic heterocycles. The highest BCUT2D eigenvalue weighted by Crippen LogP contribution is 2.34. The van der Waals surface area contributed by atoms with Gasteiger partial charge < -0.3 is 25.5 Å². The SMILES string of the molecule is Cc1cc2c(N)c(Cl)cc(C(=O)NCC3CCN(CC(C)(C)O)CC3)c2o1. The number of nitrogen functional groups attached to an aromatic ring is 1. The van der Waals surface area contributed by atoms with Crippen LogP contribution < -0.4 is 11.1 Å². The second-order valence-corrected chi connectivity index (χ2v) is 8.57. The summed E-state index contributed by atoms with van der Waals surface area (Å²) in [5, 5.41) is 14.0. The number of amides is 1. The molecule has 0 saturated carbocycles. The van der Waals surface area contributed by atoms with Gasteiger partial charge in [-0.3, -0.25) is 4.79 Å². The number of aliphatic hydroxyl groups is 1. The molecule has 2 aromatic rings. The van der Waals surface area contributed by atoms with Crippen LogP contribution in [0.2, 0.25) is 5.02 Å². The Morgan fingerprint density at radius 3 is 2.70 bits per heavy atom. The van der Waals surface area contributed by atoms with Crippen molar-refractivity contribution in [2.75, 3.05) is 31.9 Å². The van der Waals surface area contributed by atoms with E-state index in [2.05, 4.69) is 10.2 Å². The first-order valence-corrected chi connectivity index (χ1v) is 9.73. The number of carbonyl (C=O) groups is 1. The Bertz CT molecular complexity index is 833. The van der Waals surface area contributed by atoms with E-state index < -0.39 is 5.60 Å². The van der Waals surface area contributed by atoms with Crippen LogP contribution in [0.15, 0.2) is 16.5 Å². The Morgan fingerprint density at radius 1 is 1.41 bits per heavy atom. The number of β-amino-alcohol motifs (C(OH)–C–C–N with tert-alkyl or cyclic N) is 1. The topological polar surface area (TPSA) is 91.7 Å². The molecule has 0 bridgehead atoms. The van der Waals surface area contributed by atoms with Crippen molar-refractivity contribution in [3.05, 3.63) is 28.5 Å². The van der Waals surface area contributed by atoms with Crippen molar-refractivity contribution in [2.24, 2.45) is 5.92 Å². The monoisotopic (exact) mass is 393 g/mol. The van der Waals surface area contributed by atoms with Gasteiger partial charge in [-0.25, -0.2) is 0 Å². The second kappa shape index (κ2) is 7.70. The van der Waals surface area contributed by atoms with Crippen LogP contribution in [-0.2, 0) is 0 Å². The van der Waals surface area contributed by atoms with Gasteiger partial charge in [0, 0.05) is 18.5 Å². The lowest BCUT2D eigenvalue weighted by atomic mass is 9.95. The van der Waals surface area contributed by atoms with E-state index in [1.807, 2.05) is 20.8 Å². The first-order chi connectivity index (χ1) is 12.6. The zero-order valence-corrected chi connectivity index (χ0v) is 16.9. The van der Waals surface area contributed by atoms with Crippen LogP contribution in [0.4, 0.5) is 5.69 Å². The molecule has 0 spiro atoms. The summed E-state index contributed by atoms with van der Waals surface area (Å²) in [5.74, 6) is 0.910. The molecule has 0 radical (unpaired) electrons. The van der Waals surface area contributed by atoms with Crippen LogP contribution in [0.25, 0.3) is 11.0 Å². The number of halogens is 1. The fraction of sp³-hybridized carbons (Fsp3) is 0.550. The lowest BCUT2D eigenvalue weighted by Crippen LogP contribution is -2.44. The normalized spacial score (nSPS) is 16.8. The summed E-state index contributed by atoms with van der Waals surface area (Å²) < 4.78 is 5.68. The molecule has 0 unspecified atom stereocenters. The van der Waals surface area contributed by atoms with Crippen molar-refractivity contribution in [3.63, 3.8) is 0 Å². The van der Waals surface area contributed by atoms with Gasteiger partial charge in [-0.1, -0.05) is 11.6 Å². The molecule has 1 aromatic heterocycles. The summed E-state index contributed by atoms with van der Waals surface area (Å²) in [6, 6.07) is 3.37. The smallest absolute Gasteiger partial charge is 0.255 e. The van der Waals surface area contributed by atoms with Gasteiger partial charge in [0.1, 0.15) is 11.3 Å². The van der Waals surface area contributed by atoms with Gasteiger partial charge >= 0.3 is 0 Å². The molecule has 1 saturated heterocycles. The number of benzene rings is 1. The Hall–Kier alpha value is -1.76. The highest BCUT2D eigenvalue weighted by molar-refractivity contribution is 6.35. The average molecular weight is 394 g/mol. The maximum absolute atomic E-state index is 12.7. The molecule has 2 heterocycles. The predicted octanol–water partition coefficient (Wildman–Crippen LogP) is 3.19. The molecule has 7 heteroatoms. The number of anilines is 1. The van der Waals surface area contributed by atoms with Crippen LogP contribution in [-0.4, -0.2) is 47.7 Å². The molecule has 1 aromatic carbocycles. The fourth-order valence-corrected chi connectivity index (χ4v) is 3.92. The molecule has 3 rings (SSSR count). The maximum atomic E-state index is 12.7. The van der Waals surface area contributed by atoms with Crippen molar-refractivity contribution in [2.45, 2.75) is 39.2 Å². The molecule has 0 atom stereocenters. The van der Waals surface area contributed by atoms with Gasteiger partial charge in [0.2, 0.25) is 0 Å². The number of nitrogens with two attached hydrogens (primary N) is 1. The van der Waals surface area contributed by atoms with E-state index in [-0.39, 0.29) is 5.91 Å². The van der Waals surface area contributed by atoms with E-state index in [9.17, 15) is 9.90 Å². The first-order valence-electron chi connectivity index (χ1n) is 9.35. The molecule has 1 fully saturated rings. The van der Waals surface area contributed by atoms with Gasteiger partial charge in [-0.15, -0.1) is 0 Å². The van der Waals surface area contributed by atoms with Crippen molar-refractivity contribution in [1.29, 1.82) is 0 Å².